The van der Waals surface area contributed by atoms with Crippen molar-refractivity contribution in [3.8, 4) is 6.07 Å². The van der Waals surface area contributed by atoms with Gasteiger partial charge >= 0.3 is 0 Å². The van der Waals surface area contributed by atoms with Gasteiger partial charge in [0, 0.05) is 17.9 Å². The van der Waals surface area contributed by atoms with Crippen molar-refractivity contribution < 1.29 is 1.43 Å². The highest BCUT2D eigenvalue weighted by Crippen LogP contribution is 2.12. The van der Waals surface area contributed by atoms with Gasteiger partial charge in [-0.2, -0.15) is 5.26 Å². The summed E-state index contributed by atoms with van der Waals surface area (Å²) in [6.07, 6.45) is 3.00. The van der Waals surface area contributed by atoms with Crippen molar-refractivity contribution in [2.45, 2.75) is 42.0 Å². The molecule has 5 heteroatoms. The molecule has 2 aromatic heterocycles. The van der Waals surface area contributed by atoms with Crippen LogP contribution in [0.1, 0.15) is 47.9 Å². The van der Waals surface area contributed by atoms with Crippen LogP contribution in [-0.2, 0) is 0 Å². The van der Waals surface area contributed by atoms with E-state index in [1.54, 1.807) is 6.33 Å². The lowest BCUT2D eigenvalue weighted by molar-refractivity contribution is 1.15. The SMILES string of the molecule is C.CC.CC.Cc1ncnc2ccccc12.N#Cc1ncnc2ccccc12.[2HH]. The summed E-state index contributed by atoms with van der Waals surface area (Å²) >= 11 is 0. The Kier molecular flexibility index (Phi) is 12.1. The zero-order valence-corrected chi connectivity index (χ0v) is 16.5. The Morgan fingerprint density at radius 2 is 1.18 bits per heavy atom. The molecule has 0 aliphatic rings. The zero-order chi connectivity index (χ0) is 20.1. The van der Waals surface area contributed by atoms with Gasteiger partial charge in [0.1, 0.15) is 18.7 Å². The van der Waals surface area contributed by atoms with Gasteiger partial charge in [-0.3, -0.25) is 0 Å². The highest BCUT2D eigenvalue weighted by molar-refractivity contribution is 5.82. The molecule has 4 rings (SSSR count). The number of hydrogen-bond acceptors (Lipinski definition) is 5. The van der Waals surface area contributed by atoms with Gasteiger partial charge in [-0.1, -0.05) is 65.5 Å². The smallest absolute Gasteiger partial charge is 0.151 e. The molecule has 2 aromatic carbocycles. The third kappa shape index (κ3) is 6.40. The Bertz CT molecular complexity index is 1000. The van der Waals surface area contributed by atoms with E-state index < -0.39 is 0 Å². The van der Waals surface area contributed by atoms with Crippen LogP contribution in [0.4, 0.5) is 0 Å². The molecule has 28 heavy (non-hydrogen) atoms. The highest BCUT2D eigenvalue weighted by Gasteiger charge is 1.99. The number of hydrogen-bond donors (Lipinski definition) is 0. The van der Waals surface area contributed by atoms with Gasteiger partial charge in [-0.15, -0.1) is 0 Å². The molecule has 2 heterocycles. The number of aryl methyl sites for hydroxylation is 1. The van der Waals surface area contributed by atoms with E-state index in [0.717, 1.165) is 27.5 Å². The molecule has 0 unspecified atom stereocenters. The minimum atomic E-state index is 0. The van der Waals surface area contributed by atoms with E-state index in [-0.39, 0.29) is 8.85 Å². The average molecular weight is 379 g/mol. The minimum Gasteiger partial charge on any atom is -0.241 e. The molecule has 0 aliphatic heterocycles. The largest absolute Gasteiger partial charge is 0.241 e. The van der Waals surface area contributed by atoms with E-state index in [0.29, 0.717) is 5.69 Å². The van der Waals surface area contributed by atoms with Crippen LogP contribution in [0.15, 0.2) is 61.2 Å². The van der Waals surface area contributed by atoms with Gasteiger partial charge in [0.2, 0.25) is 0 Å². The Morgan fingerprint density at radius 1 is 0.714 bits per heavy atom. The summed E-state index contributed by atoms with van der Waals surface area (Å²) in [5, 5.41) is 10.6. The second kappa shape index (κ2) is 13.8. The standard InChI is InChI=1S/C9H5N3.C9H8N2.2C2H6.CH4.H2/c10-5-9-7-3-1-2-4-8(7)11-6-12-9;1-7-8-4-2-3-5-9(8)11-6-10-7;2*1-2;;/h1-4,6H;2-6H,1H3;2*1-2H3;1H4;1H/i;;;;;1+1. The topological polar surface area (TPSA) is 75.3 Å². The molecular formula is C23H31N5. The minimum absolute atomic E-state index is 0. The predicted molar refractivity (Wildman–Crippen MR) is 120 cm³/mol. The molecule has 0 amide bonds. The van der Waals surface area contributed by atoms with E-state index in [1.807, 2.05) is 89.2 Å². The first-order valence-corrected chi connectivity index (χ1v) is 9.06. The molecule has 0 atom stereocenters. The van der Waals surface area contributed by atoms with Crippen molar-refractivity contribution >= 4 is 21.8 Å². The van der Waals surface area contributed by atoms with Gasteiger partial charge in [0.25, 0.3) is 0 Å². The summed E-state index contributed by atoms with van der Waals surface area (Å²) < 4.78 is 0. The Hall–Kier alpha value is -3.39. The van der Waals surface area contributed by atoms with Crippen LogP contribution in [0.25, 0.3) is 21.8 Å². The van der Waals surface area contributed by atoms with Gasteiger partial charge < -0.3 is 0 Å². The van der Waals surface area contributed by atoms with Crippen LogP contribution in [0.2, 0.25) is 0 Å². The van der Waals surface area contributed by atoms with Crippen LogP contribution >= 0.6 is 0 Å². The molecular weight excluding hydrogens is 346 g/mol. The number of fused-ring (bicyclic) bond motifs is 2. The van der Waals surface area contributed by atoms with E-state index in [9.17, 15) is 0 Å². The molecule has 0 aliphatic carbocycles. The maximum absolute atomic E-state index is 8.70. The summed E-state index contributed by atoms with van der Waals surface area (Å²) in [6.45, 7) is 9.99. The second-order valence-electron chi connectivity index (χ2n) is 4.83. The quantitative estimate of drug-likeness (QED) is 0.355. The molecule has 0 bridgehead atoms. The number of aromatic nitrogens is 4. The molecule has 0 saturated heterocycles. The number of rotatable bonds is 0. The van der Waals surface area contributed by atoms with Crippen molar-refractivity contribution in [2.24, 2.45) is 0 Å². The normalized spacial score (nSPS) is 8.57. The monoisotopic (exact) mass is 378 g/mol. The molecule has 0 spiro atoms. The van der Waals surface area contributed by atoms with Crippen LogP contribution in [0, 0.1) is 18.3 Å². The van der Waals surface area contributed by atoms with Crippen LogP contribution < -0.4 is 0 Å². The molecule has 0 saturated carbocycles. The van der Waals surface area contributed by atoms with E-state index in [1.165, 1.54) is 6.33 Å². The highest BCUT2D eigenvalue weighted by atomic mass is 14.8. The molecule has 148 valence electrons. The lowest BCUT2D eigenvalue weighted by Gasteiger charge is -1.96. The van der Waals surface area contributed by atoms with Gasteiger partial charge in [-0.25, -0.2) is 19.9 Å². The van der Waals surface area contributed by atoms with Crippen molar-refractivity contribution in [3.05, 3.63) is 72.6 Å². The lowest BCUT2D eigenvalue weighted by Crippen LogP contribution is -1.86. The second-order valence-corrected chi connectivity index (χ2v) is 4.83. The number of nitrogens with zero attached hydrogens (tertiary/aromatic N) is 5. The zero-order valence-electron chi connectivity index (χ0n) is 16.5. The first-order valence-electron chi connectivity index (χ1n) is 9.06. The summed E-state index contributed by atoms with van der Waals surface area (Å²) in [4.78, 5) is 16.1. The third-order valence-corrected chi connectivity index (χ3v) is 3.39. The fourth-order valence-corrected chi connectivity index (χ4v) is 2.23. The molecule has 0 N–H and O–H groups in total. The number of para-hydroxylation sites is 2. The van der Waals surface area contributed by atoms with Crippen LogP contribution in [-0.4, -0.2) is 19.9 Å². The van der Waals surface area contributed by atoms with Gasteiger partial charge in [0.15, 0.2) is 5.69 Å². The predicted octanol–water partition coefficient (Wildman–Crippen LogP) is 6.37. The maximum atomic E-state index is 8.70. The van der Waals surface area contributed by atoms with Crippen molar-refractivity contribution in [3.63, 3.8) is 0 Å². The van der Waals surface area contributed by atoms with Crippen molar-refractivity contribution in [1.82, 2.24) is 19.9 Å². The first-order chi connectivity index (χ1) is 13.3. The maximum Gasteiger partial charge on any atom is 0.151 e. The summed E-state index contributed by atoms with van der Waals surface area (Å²) in [6, 6.07) is 17.5. The Balaban J connectivity index is 0. The molecule has 4 aromatic rings. The lowest BCUT2D eigenvalue weighted by atomic mass is 10.2. The molecule has 0 fully saturated rings. The summed E-state index contributed by atoms with van der Waals surface area (Å²) in [5.74, 6) is 0. The van der Waals surface area contributed by atoms with Gasteiger partial charge in [-0.05, 0) is 25.1 Å². The van der Waals surface area contributed by atoms with E-state index in [2.05, 4.69) is 19.9 Å². The van der Waals surface area contributed by atoms with Crippen LogP contribution in [0.3, 0.4) is 0 Å². The Morgan fingerprint density at radius 3 is 1.71 bits per heavy atom. The van der Waals surface area contributed by atoms with Gasteiger partial charge in [0.05, 0.1) is 11.0 Å². The Labute approximate surface area is 169 Å². The average Bonchev–Trinajstić information content (AvgIpc) is 2.77. The first kappa shape index (κ1) is 24.6. The third-order valence-electron chi connectivity index (χ3n) is 3.39. The van der Waals surface area contributed by atoms with E-state index >= 15 is 0 Å². The summed E-state index contributed by atoms with van der Waals surface area (Å²) in [5.41, 5.74) is 3.29. The fraction of sp³-hybridized carbons (Fsp3) is 0.261. The van der Waals surface area contributed by atoms with E-state index in [4.69, 9.17) is 5.26 Å². The van der Waals surface area contributed by atoms with Crippen LogP contribution in [0.5, 0.6) is 0 Å². The van der Waals surface area contributed by atoms with Crippen molar-refractivity contribution in [1.29, 1.82) is 5.26 Å². The number of nitriles is 1. The fourth-order valence-electron chi connectivity index (χ4n) is 2.23. The number of benzene rings is 2. The molecule has 0 radical (unpaired) electrons. The van der Waals surface area contributed by atoms with Crippen molar-refractivity contribution in [2.75, 3.05) is 0 Å². The molecule has 5 nitrogen and oxygen atoms in total. The summed E-state index contributed by atoms with van der Waals surface area (Å²) in [7, 11) is 0.